The molecule has 3 aromatic heterocycles. The third-order valence-corrected chi connectivity index (χ3v) is 7.87. The summed E-state index contributed by atoms with van der Waals surface area (Å²) in [6, 6.07) is 7.77. The molecule has 0 saturated carbocycles. The number of pyridine rings is 3. The van der Waals surface area contributed by atoms with Crippen LogP contribution < -0.4 is 20.9 Å². The van der Waals surface area contributed by atoms with Crippen LogP contribution in [-0.2, 0) is 4.74 Å². The van der Waals surface area contributed by atoms with Crippen molar-refractivity contribution in [3.8, 4) is 5.75 Å². The number of hydrogen-bond acceptors (Lipinski definition) is 10. The molecule has 2 saturated heterocycles. The summed E-state index contributed by atoms with van der Waals surface area (Å²) >= 11 is 1.74. The molecule has 202 valence electrons. The molecule has 2 aliphatic heterocycles. The summed E-state index contributed by atoms with van der Waals surface area (Å²) in [4.78, 5) is 20.7. The van der Waals surface area contributed by atoms with Crippen molar-refractivity contribution >= 4 is 45.2 Å². The highest BCUT2D eigenvalue weighted by molar-refractivity contribution is 8.14. The summed E-state index contributed by atoms with van der Waals surface area (Å²) in [6.45, 7) is 9.43. The van der Waals surface area contributed by atoms with Gasteiger partial charge in [-0.2, -0.15) is 0 Å². The second kappa shape index (κ2) is 13.2. The number of hydrazine groups is 1. The summed E-state index contributed by atoms with van der Waals surface area (Å²) in [5, 5.41) is 4.54. The molecule has 2 aliphatic rings. The number of rotatable bonds is 11. The second-order valence-electron chi connectivity index (χ2n) is 9.45. The number of fused-ring (bicyclic) bond motifs is 1. The van der Waals surface area contributed by atoms with Crippen LogP contribution in [0.2, 0.25) is 0 Å². The smallest absolute Gasteiger partial charge is 0.179 e. The van der Waals surface area contributed by atoms with Gasteiger partial charge in [-0.25, -0.2) is 15.4 Å². The molecule has 2 unspecified atom stereocenters. The standard InChI is InChI=1S/C27H36N8O2S/c1-3-5-19(4-2)26-33-34-27(38-26)32-25-7-6-23-24(31-25)15-21(17-29-23)30-20-14-22(18-28-16-20)37-13-10-35-8-11-36-12-9-35/h6-7,14-19,26,30,33H,3-5,8-13H2,1-2H3,(H,31,32,34). The number of morpholine rings is 1. The Bertz CT molecular complexity index is 1240. The van der Waals surface area contributed by atoms with Gasteiger partial charge in [-0.15, -0.1) is 0 Å². The first-order valence-corrected chi connectivity index (χ1v) is 14.3. The summed E-state index contributed by atoms with van der Waals surface area (Å²) < 4.78 is 11.3. The third kappa shape index (κ3) is 7.10. The van der Waals surface area contributed by atoms with Gasteiger partial charge in [-0.3, -0.25) is 20.3 Å². The normalized spacial score (nSPS) is 19.9. The first-order valence-electron chi connectivity index (χ1n) is 13.4. The minimum Gasteiger partial charge on any atom is -0.491 e. The minimum absolute atomic E-state index is 0.323. The predicted molar refractivity (Wildman–Crippen MR) is 153 cm³/mol. The van der Waals surface area contributed by atoms with E-state index in [4.69, 9.17) is 19.5 Å². The lowest BCUT2D eigenvalue weighted by atomic mass is 10.0. The van der Waals surface area contributed by atoms with E-state index in [-0.39, 0.29) is 0 Å². The molecule has 5 heterocycles. The Kier molecular flexibility index (Phi) is 9.24. The van der Waals surface area contributed by atoms with E-state index >= 15 is 0 Å². The van der Waals surface area contributed by atoms with Gasteiger partial charge in [0.25, 0.3) is 0 Å². The number of amidine groups is 1. The molecule has 5 rings (SSSR count). The highest BCUT2D eigenvalue weighted by Gasteiger charge is 2.27. The zero-order chi connectivity index (χ0) is 26.2. The molecule has 0 bridgehead atoms. The van der Waals surface area contributed by atoms with Crippen molar-refractivity contribution in [2.45, 2.75) is 38.5 Å². The number of aromatic nitrogens is 3. The molecule has 0 amide bonds. The average Bonchev–Trinajstić information content (AvgIpc) is 3.40. The molecule has 0 aliphatic carbocycles. The number of nitrogens with one attached hydrogen (secondary N) is 3. The molecule has 2 atom stereocenters. The van der Waals surface area contributed by atoms with E-state index in [0.29, 0.717) is 23.7 Å². The van der Waals surface area contributed by atoms with Crippen LogP contribution in [0.1, 0.15) is 33.1 Å². The zero-order valence-corrected chi connectivity index (χ0v) is 22.8. The molecular weight excluding hydrogens is 500 g/mol. The SMILES string of the molecule is CCCC(CC)C1NNC(=Nc2ccc3ncc(Nc4cncc(OCCN5CCOCC5)c4)cc3n2)S1. The second-order valence-corrected chi connectivity index (χ2v) is 10.6. The molecule has 2 fully saturated rings. The van der Waals surface area contributed by atoms with Crippen LogP contribution in [-0.4, -0.2) is 69.8 Å². The highest BCUT2D eigenvalue weighted by atomic mass is 32.2. The fourth-order valence-corrected chi connectivity index (χ4v) is 5.74. The number of ether oxygens (including phenoxy) is 2. The zero-order valence-electron chi connectivity index (χ0n) is 22.0. The van der Waals surface area contributed by atoms with Crippen molar-refractivity contribution in [2.24, 2.45) is 10.9 Å². The Balaban J connectivity index is 1.22. The Hall–Kier alpha value is -2.99. The molecule has 11 heteroatoms. The molecule has 38 heavy (non-hydrogen) atoms. The number of nitrogens with zero attached hydrogens (tertiary/aromatic N) is 5. The fraction of sp³-hybridized carbons (Fsp3) is 0.481. The lowest BCUT2D eigenvalue weighted by Crippen LogP contribution is -2.38. The van der Waals surface area contributed by atoms with E-state index in [1.54, 1.807) is 30.4 Å². The van der Waals surface area contributed by atoms with Crippen molar-refractivity contribution in [3.63, 3.8) is 0 Å². The number of thioether (sulfide) groups is 1. The minimum atomic E-state index is 0.323. The van der Waals surface area contributed by atoms with E-state index in [9.17, 15) is 0 Å². The maximum atomic E-state index is 5.94. The van der Waals surface area contributed by atoms with Gasteiger partial charge in [0, 0.05) is 25.7 Å². The maximum Gasteiger partial charge on any atom is 0.179 e. The van der Waals surface area contributed by atoms with Crippen LogP contribution in [0.15, 0.2) is 47.8 Å². The lowest BCUT2D eigenvalue weighted by molar-refractivity contribution is 0.0322. The van der Waals surface area contributed by atoms with Crippen molar-refractivity contribution in [3.05, 3.63) is 42.9 Å². The molecule has 0 radical (unpaired) electrons. The van der Waals surface area contributed by atoms with Crippen LogP contribution in [0.5, 0.6) is 5.75 Å². The lowest BCUT2D eigenvalue weighted by Gasteiger charge is -2.26. The van der Waals surface area contributed by atoms with Gasteiger partial charge >= 0.3 is 0 Å². The molecule has 3 aromatic rings. The fourth-order valence-electron chi connectivity index (χ4n) is 4.60. The number of aliphatic imine (C=N–C) groups is 1. The quantitative estimate of drug-likeness (QED) is 0.325. The van der Waals surface area contributed by atoms with E-state index < -0.39 is 0 Å². The van der Waals surface area contributed by atoms with E-state index in [2.05, 4.69) is 44.9 Å². The van der Waals surface area contributed by atoms with Gasteiger partial charge in [0.1, 0.15) is 12.4 Å². The van der Waals surface area contributed by atoms with Gasteiger partial charge in [0.05, 0.1) is 59.6 Å². The van der Waals surface area contributed by atoms with E-state index in [1.165, 1.54) is 12.8 Å². The predicted octanol–water partition coefficient (Wildman–Crippen LogP) is 4.46. The summed E-state index contributed by atoms with van der Waals surface area (Å²) in [5.41, 5.74) is 9.84. The molecule has 0 aromatic carbocycles. The first kappa shape index (κ1) is 26.6. The van der Waals surface area contributed by atoms with Gasteiger partial charge in [-0.05, 0) is 30.5 Å². The highest BCUT2D eigenvalue weighted by Crippen LogP contribution is 2.29. The summed E-state index contributed by atoms with van der Waals surface area (Å²) in [5.74, 6) is 1.98. The Morgan fingerprint density at radius 1 is 1.16 bits per heavy atom. The Morgan fingerprint density at radius 2 is 2.03 bits per heavy atom. The Morgan fingerprint density at radius 3 is 2.87 bits per heavy atom. The molecule has 10 nitrogen and oxygen atoms in total. The van der Waals surface area contributed by atoms with Crippen molar-refractivity contribution in [1.29, 1.82) is 0 Å². The van der Waals surface area contributed by atoms with Crippen LogP contribution in [0, 0.1) is 5.92 Å². The van der Waals surface area contributed by atoms with E-state index in [1.807, 2.05) is 24.3 Å². The molecule has 0 spiro atoms. The third-order valence-electron chi connectivity index (χ3n) is 6.69. The van der Waals surface area contributed by atoms with Crippen LogP contribution in [0.4, 0.5) is 17.2 Å². The molecule has 3 N–H and O–H groups in total. The topological polar surface area (TPSA) is 109 Å². The van der Waals surface area contributed by atoms with E-state index in [0.717, 1.165) is 72.6 Å². The average molecular weight is 537 g/mol. The number of anilines is 2. The van der Waals surface area contributed by atoms with Crippen molar-refractivity contribution in [2.75, 3.05) is 44.8 Å². The van der Waals surface area contributed by atoms with Gasteiger partial charge in [0.15, 0.2) is 11.0 Å². The first-order chi connectivity index (χ1) is 18.7. The van der Waals surface area contributed by atoms with Crippen LogP contribution in [0.25, 0.3) is 11.0 Å². The van der Waals surface area contributed by atoms with Crippen molar-refractivity contribution < 1.29 is 9.47 Å². The van der Waals surface area contributed by atoms with Gasteiger partial charge in [0.2, 0.25) is 0 Å². The largest absolute Gasteiger partial charge is 0.491 e. The monoisotopic (exact) mass is 536 g/mol. The summed E-state index contributed by atoms with van der Waals surface area (Å²) in [6.07, 6.45) is 8.82. The van der Waals surface area contributed by atoms with Crippen molar-refractivity contribution in [1.82, 2.24) is 30.7 Å². The maximum absolute atomic E-state index is 5.94. The van der Waals surface area contributed by atoms with Crippen LogP contribution in [0.3, 0.4) is 0 Å². The Labute approximate surface area is 228 Å². The summed E-state index contributed by atoms with van der Waals surface area (Å²) in [7, 11) is 0. The molecular formula is C27H36N8O2S. The van der Waals surface area contributed by atoms with Crippen LogP contribution >= 0.6 is 11.8 Å². The number of hydrogen-bond donors (Lipinski definition) is 3. The van der Waals surface area contributed by atoms with Gasteiger partial charge < -0.3 is 14.8 Å². The van der Waals surface area contributed by atoms with Gasteiger partial charge in [-0.1, -0.05) is 38.5 Å².